The van der Waals surface area contributed by atoms with E-state index < -0.39 is 5.97 Å². The maximum absolute atomic E-state index is 12.3. The van der Waals surface area contributed by atoms with Crippen LogP contribution in [0.25, 0.3) is 17.0 Å². The van der Waals surface area contributed by atoms with E-state index in [0.717, 1.165) is 6.42 Å². The molecule has 0 aliphatic carbocycles. The molecule has 0 fully saturated rings. The van der Waals surface area contributed by atoms with Crippen LogP contribution in [0.1, 0.15) is 25.5 Å². The Bertz CT molecular complexity index is 791. The average molecular weight is 317 g/mol. The van der Waals surface area contributed by atoms with Gasteiger partial charge in [-0.05, 0) is 18.6 Å². The highest BCUT2D eigenvalue weighted by molar-refractivity contribution is 5.83. The van der Waals surface area contributed by atoms with Crippen molar-refractivity contribution in [3.63, 3.8) is 0 Å². The normalized spacial score (nSPS) is 11.0. The van der Waals surface area contributed by atoms with Gasteiger partial charge in [0, 0.05) is 23.2 Å². The number of methoxy groups -OCH3 is 1. The fraction of sp³-hybridized carbons (Fsp3) is 0.294. The second kappa shape index (κ2) is 7.49. The Kier molecular flexibility index (Phi) is 5.41. The maximum atomic E-state index is 12.3. The van der Waals surface area contributed by atoms with E-state index in [0.29, 0.717) is 34.7 Å². The largest absolute Gasteiger partial charge is 0.493 e. The summed E-state index contributed by atoms with van der Waals surface area (Å²) in [6.45, 7) is 2.53. The van der Waals surface area contributed by atoms with E-state index in [2.05, 4.69) is 4.98 Å². The van der Waals surface area contributed by atoms with Gasteiger partial charge in [0.2, 0.25) is 0 Å². The summed E-state index contributed by atoms with van der Waals surface area (Å²) in [5.74, 6) is 0.138. The molecule has 2 aromatic rings. The highest BCUT2D eigenvalue weighted by Crippen LogP contribution is 2.30. The molecule has 6 heteroatoms. The summed E-state index contributed by atoms with van der Waals surface area (Å²) in [6, 6.07) is 4.79. The molecule has 1 aromatic carbocycles. The minimum Gasteiger partial charge on any atom is -0.493 e. The number of carbonyl (C=O) groups is 1. The predicted molar refractivity (Wildman–Crippen MR) is 88.2 cm³/mol. The number of nitrogens with one attached hydrogen (secondary N) is 1. The molecule has 2 rings (SSSR count). The third-order valence-corrected chi connectivity index (χ3v) is 3.19. The number of aromatic amines is 1. The van der Waals surface area contributed by atoms with Crippen LogP contribution < -0.4 is 14.9 Å². The Labute approximate surface area is 133 Å². The highest BCUT2D eigenvalue weighted by Gasteiger charge is 2.10. The second-order valence-electron chi connectivity index (χ2n) is 4.99. The van der Waals surface area contributed by atoms with E-state index in [1.807, 2.05) is 6.92 Å². The molecule has 0 unspecified atom stereocenters. The standard InChI is InChI=1S/C17H19NO5/c1-3-7-23-16-9-12-13(10-15(16)22-2)18-11(8-14(12)19)5-4-6-17(20)21/h4-5,8-10H,3,6-7H2,1-2H3,(H,18,19)(H,20,21)/b5-4+. The summed E-state index contributed by atoms with van der Waals surface area (Å²) in [5.41, 5.74) is 0.971. The zero-order valence-corrected chi connectivity index (χ0v) is 13.1. The molecule has 6 nitrogen and oxygen atoms in total. The number of aromatic nitrogens is 1. The molecule has 1 heterocycles. The van der Waals surface area contributed by atoms with Gasteiger partial charge in [0.15, 0.2) is 16.9 Å². The van der Waals surface area contributed by atoms with Crippen LogP contribution in [-0.4, -0.2) is 29.8 Å². The molecule has 0 amide bonds. The molecule has 122 valence electrons. The SMILES string of the molecule is CCCOc1cc2c(=O)cc(/C=C/CC(=O)O)[nH]c2cc1OC. The third kappa shape index (κ3) is 4.12. The van der Waals surface area contributed by atoms with Crippen molar-refractivity contribution >= 4 is 22.9 Å². The van der Waals surface area contributed by atoms with E-state index in [9.17, 15) is 9.59 Å². The molecule has 2 N–H and O–H groups in total. The van der Waals surface area contributed by atoms with Gasteiger partial charge in [-0.25, -0.2) is 0 Å². The quantitative estimate of drug-likeness (QED) is 0.819. The lowest BCUT2D eigenvalue weighted by Gasteiger charge is -2.11. The van der Waals surface area contributed by atoms with Crippen molar-refractivity contribution in [3.05, 3.63) is 40.2 Å². The fourth-order valence-corrected chi connectivity index (χ4v) is 2.14. The first-order valence-electron chi connectivity index (χ1n) is 7.31. The number of rotatable bonds is 7. The van der Waals surface area contributed by atoms with Crippen LogP contribution in [0, 0.1) is 0 Å². The van der Waals surface area contributed by atoms with Crippen molar-refractivity contribution in [1.29, 1.82) is 0 Å². The molecular weight excluding hydrogens is 298 g/mol. The first-order valence-corrected chi connectivity index (χ1v) is 7.31. The van der Waals surface area contributed by atoms with Crippen molar-refractivity contribution in [3.8, 4) is 11.5 Å². The molecule has 1 aromatic heterocycles. The van der Waals surface area contributed by atoms with Crippen molar-refractivity contribution in [1.82, 2.24) is 4.98 Å². The lowest BCUT2D eigenvalue weighted by Crippen LogP contribution is -2.05. The summed E-state index contributed by atoms with van der Waals surface area (Å²) in [5, 5.41) is 9.13. The van der Waals surface area contributed by atoms with E-state index in [1.54, 1.807) is 18.2 Å². The van der Waals surface area contributed by atoms with Crippen molar-refractivity contribution in [2.24, 2.45) is 0 Å². The van der Waals surface area contributed by atoms with E-state index in [1.165, 1.54) is 19.3 Å². The van der Waals surface area contributed by atoms with Crippen LogP contribution in [0.3, 0.4) is 0 Å². The Morgan fingerprint density at radius 1 is 1.30 bits per heavy atom. The minimum absolute atomic E-state index is 0.104. The van der Waals surface area contributed by atoms with Crippen molar-refractivity contribution in [2.45, 2.75) is 19.8 Å². The van der Waals surface area contributed by atoms with E-state index >= 15 is 0 Å². The van der Waals surface area contributed by atoms with E-state index in [-0.39, 0.29) is 11.8 Å². The number of ether oxygens (including phenoxy) is 2. The third-order valence-electron chi connectivity index (χ3n) is 3.19. The fourth-order valence-electron chi connectivity index (χ4n) is 2.14. The van der Waals surface area contributed by atoms with Gasteiger partial charge in [0.25, 0.3) is 0 Å². The van der Waals surface area contributed by atoms with Gasteiger partial charge < -0.3 is 19.6 Å². The number of fused-ring (bicyclic) bond motifs is 1. The summed E-state index contributed by atoms with van der Waals surface area (Å²) in [4.78, 5) is 25.9. The van der Waals surface area contributed by atoms with Crippen LogP contribution in [0.5, 0.6) is 11.5 Å². The van der Waals surface area contributed by atoms with Crippen LogP contribution in [-0.2, 0) is 4.79 Å². The molecule has 0 aliphatic rings. The lowest BCUT2D eigenvalue weighted by molar-refractivity contribution is -0.135. The highest BCUT2D eigenvalue weighted by atomic mass is 16.5. The molecule has 0 atom stereocenters. The zero-order chi connectivity index (χ0) is 16.8. The van der Waals surface area contributed by atoms with Gasteiger partial charge in [-0.15, -0.1) is 0 Å². The van der Waals surface area contributed by atoms with Crippen LogP contribution in [0.15, 0.2) is 29.1 Å². The van der Waals surface area contributed by atoms with Gasteiger partial charge in [0.1, 0.15) is 0 Å². The zero-order valence-electron chi connectivity index (χ0n) is 13.1. The molecule has 23 heavy (non-hydrogen) atoms. The lowest BCUT2D eigenvalue weighted by atomic mass is 10.1. The number of aliphatic carboxylic acids is 1. The molecule has 0 radical (unpaired) electrons. The number of carboxylic acid groups (broad SMARTS) is 1. The van der Waals surface area contributed by atoms with Gasteiger partial charge in [-0.1, -0.05) is 13.0 Å². The smallest absolute Gasteiger partial charge is 0.307 e. The van der Waals surface area contributed by atoms with Crippen molar-refractivity contribution in [2.75, 3.05) is 13.7 Å². The minimum atomic E-state index is -0.927. The average Bonchev–Trinajstić information content (AvgIpc) is 2.52. The van der Waals surface area contributed by atoms with Gasteiger partial charge in [0.05, 0.1) is 25.7 Å². The molecule has 0 spiro atoms. The molecular formula is C17H19NO5. The number of pyridine rings is 1. The maximum Gasteiger partial charge on any atom is 0.307 e. The number of H-pyrrole nitrogens is 1. The Morgan fingerprint density at radius 3 is 2.74 bits per heavy atom. The summed E-state index contributed by atoms with van der Waals surface area (Å²) in [7, 11) is 1.54. The van der Waals surface area contributed by atoms with Crippen LogP contribution in [0.4, 0.5) is 0 Å². The first kappa shape index (κ1) is 16.6. The van der Waals surface area contributed by atoms with Crippen molar-refractivity contribution < 1.29 is 19.4 Å². The van der Waals surface area contributed by atoms with Gasteiger partial charge in [-0.3, -0.25) is 9.59 Å². The predicted octanol–water partition coefficient (Wildman–Crippen LogP) is 2.81. The number of benzene rings is 1. The summed E-state index contributed by atoms with van der Waals surface area (Å²) < 4.78 is 10.9. The number of hydrogen-bond donors (Lipinski definition) is 2. The van der Waals surface area contributed by atoms with Gasteiger partial charge in [-0.2, -0.15) is 0 Å². The second-order valence-corrected chi connectivity index (χ2v) is 4.99. The molecule has 0 saturated carbocycles. The first-order chi connectivity index (χ1) is 11.0. The van der Waals surface area contributed by atoms with Crippen LogP contribution in [0.2, 0.25) is 0 Å². The Morgan fingerprint density at radius 2 is 2.09 bits per heavy atom. The Balaban J connectivity index is 2.45. The Hall–Kier alpha value is -2.76. The number of carboxylic acids is 1. The molecule has 0 saturated heterocycles. The topological polar surface area (TPSA) is 88.6 Å². The van der Waals surface area contributed by atoms with Gasteiger partial charge >= 0.3 is 5.97 Å². The number of hydrogen-bond acceptors (Lipinski definition) is 4. The van der Waals surface area contributed by atoms with Crippen LogP contribution >= 0.6 is 0 Å². The summed E-state index contributed by atoms with van der Waals surface area (Å²) >= 11 is 0. The van der Waals surface area contributed by atoms with E-state index in [4.69, 9.17) is 14.6 Å². The monoisotopic (exact) mass is 317 g/mol. The molecule has 0 bridgehead atoms. The molecule has 0 aliphatic heterocycles. The summed E-state index contributed by atoms with van der Waals surface area (Å²) in [6.07, 6.45) is 3.80.